The van der Waals surface area contributed by atoms with Crippen LogP contribution in [0.2, 0.25) is 0 Å². The number of carbonyl (C=O) groups is 1. The molecule has 4 nitrogen and oxygen atoms in total. The highest BCUT2D eigenvalue weighted by molar-refractivity contribution is 5.92. The van der Waals surface area contributed by atoms with E-state index in [0.717, 1.165) is 25.9 Å². The summed E-state index contributed by atoms with van der Waals surface area (Å²) in [6, 6.07) is 6.30. The van der Waals surface area contributed by atoms with Crippen molar-refractivity contribution in [3.05, 3.63) is 30.1 Å². The van der Waals surface area contributed by atoms with Crippen LogP contribution in [0.5, 0.6) is 0 Å². The van der Waals surface area contributed by atoms with Crippen LogP contribution in [-0.2, 0) is 4.79 Å². The standard InChI is InChI=1S/C13H18FN3O.ClH/c14-11-5-1-2-6-12(11)16-13(18)9-17-7-3-4-10(15)8-17;/h1-2,5-6,10H,3-4,7-9,15H2,(H,16,18);1H. The number of halogens is 2. The highest BCUT2D eigenvalue weighted by Crippen LogP contribution is 2.13. The first kappa shape index (κ1) is 15.9. The Morgan fingerprint density at radius 3 is 2.89 bits per heavy atom. The Kier molecular flexibility index (Phi) is 6.21. The number of amides is 1. The van der Waals surface area contributed by atoms with E-state index in [2.05, 4.69) is 5.32 Å². The normalized spacial score (nSPS) is 19.6. The van der Waals surface area contributed by atoms with Crippen molar-refractivity contribution in [2.24, 2.45) is 5.73 Å². The number of piperidine rings is 1. The minimum Gasteiger partial charge on any atom is -0.327 e. The molecular weight excluding hydrogens is 269 g/mol. The number of rotatable bonds is 3. The van der Waals surface area contributed by atoms with Gasteiger partial charge in [0.15, 0.2) is 0 Å². The Balaban J connectivity index is 0.00000180. The molecule has 1 heterocycles. The zero-order chi connectivity index (χ0) is 13.0. The summed E-state index contributed by atoms with van der Waals surface area (Å²) in [5.41, 5.74) is 6.07. The zero-order valence-electron chi connectivity index (χ0n) is 10.6. The molecule has 0 radical (unpaired) electrons. The third-order valence-electron chi connectivity index (χ3n) is 3.06. The molecule has 0 bridgehead atoms. The fraction of sp³-hybridized carbons (Fsp3) is 0.462. The van der Waals surface area contributed by atoms with E-state index in [4.69, 9.17) is 5.73 Å². The molecule has 1 unspecified atom stereocenters. The predicted octanol–water partition coefficient (Wildman–Crippen LogP) is 1.61. The van der Waals surface area contributed by atoms with E-state index in [0.29, 0.717) is 0 Å². The lowest BCUT2D eigenvalue weighted by molar-refractivity contribution is -0.117. The molecule has 1 atom stereocenters. The second-order valence-corrected chi connectivity index (χ2v) is 4.67. The number of nitrogens with two attached hydrogens (primary N) is 1. The zero-order valence-corrected chi connectivity index (χ0v) is 11.5. The second-order valence-electron chi connectivity index (χ2n) is 4.67. The van der Waals surface area contributed by atoms with Gasteiger partial charge >= 0.3 is 0 Å². The van der Waals surface area contributed by atoms with Gasteiger partial charge < -0.3 is 11.1 Å². The average Bonchev–Trinajstić information content (AvgIpc) is 2.32. The van der Waals surface area contributed by atoms with Crippen LogP contribution in [0.4, 0.5) is 10.1 Å². The number of likely N-dealkylation sites (tertiary alicyclic amines) is 1. The number of hydrogen-bond donors (Lipinski definition) is 2. The molecular formula is C13H19ClFN3O. The minimum atomic E-state index is -0.416. The Morgan fingerprint density at radius 1 is 1.47 bits per heavy atom. The molecule has 1 amide bonds. The third-order valence-corrected chi connectivity index (χ3v) is 3.06. The van der Waals surface area contributed by atoms with Crippen LogP contribution in [0.1, 0.15) is 12.8 Å². The molecule has 1 fully saturated rings. The lowest BCUT2D eigenvalue weighted by Gasteiger charge is -2.29. The van der Waals surface area contributed by atoms with Crippen molar-refractivity contribution < 1.29 is 9.18 Å². The monoisotopic (exact) mass is 287 g/mol. The maximum atomic E-state index is 13.3. The molecule has 0 aromatic heterocycles. The number of para-hydroxylation sites is 1. The number of nitrogens with zero attached hydrogens (tertiary/aromatic N) is 1. The van der Waals surface area contributed by atoms with E-state index in [-0.39, 0.29) is 36.6 Å². The maximum absolute atomic E-state index is 13.3. The van der Waals surface area contributed by atoms with Gasteiger partial charge in [-0.15, -0.1) is 12.4 Å². The van der Waals surface area contributed by atoms with Crippen molar-refractivity contribution in [1.82, 2.24) is 4.90 Å². The molecule has 1 saturated heterocycles. The Labute approximate surface area is 118 Å². The molecule has 1 aliphatic rings. The number of nitrogens with one attached hydrogen (secondary N) is 1. The second kappa shape index (κ2) is 7.43. The van der Waals surface area contributed by atoms with Gasteiger partial charge in [-0.3, -0.25) is 9.69 Å². The highest BCUT2D eigenvalue weighted by atomic mass is 35.5. The lowest BCUT2D eigenvalue weighted by Crippen LogP contribution is -2.45. The molecule has 0 aliphatic carbocycles. The molecule has 2 rings (SSSR count). The number of carbonyl (C=O) groups excluding carboxylic acids is 1. The molecule has 0 saturated carbocycles. The van der Waals surface area contributed by atoms with Crippen molar-refractivity contribution in [1.29, 1.82) is 0 Å². The van der Waals surface area contributed by atoms with Crippen LogP contribution in [0.15, 0.2) is 24.3 Å². The molecule has 0 spiro atoms. The fourth-order valence-corrected chi connectivity index (χ4v) is 2.19. The van der Waals surface area contributed by atoms with Gasteiger partial charge in [-0.25, -0.2) is 4.39 Å². The van der Waals surface area contributed by atoms with Crippen LogP contribution in [0.3, 0.4) is 0 Å². The largest absolute Gasteiger partial charge is 0.327 e. The van der Waals surface area contributed by atoms with E-state index < -0.39 is 5.82 Å². The molecule has 106 valence electrons. The van der Waals surface area contributed by atoms with Crippen LogP contribution in [-0.4, -0.2) is 36.5 Å². The summed E-state index contributed by atoms with van der Waals surface area (Å²) in [6.07, 6.45) is 2.01. The maximum Gasteiger partial charge on any atom is 0.238 e. The van der Waals surface area contributed by atoms with Crippen molar-refractivity contribution in [2.75, 3.05) is 25.0 Å². The third kappa shape index (κ3) is 4.78. The van der Waals surface area contributed by atoms with Crippen molar-refractivity contribution in [3.63, 3.8) is 0 Å². The van der Waals surface area contributed by atoms with E-state index in [9.17, 15) is 9.18 Å². The first-order valence-electron chi connectivity index (χ1n) is 6.17. The van der Waals surface area contributed by atoms with Gasteiger partial charge in [-0.2, -0.15) is 0 Å². The van der Waals surface area contributed by atoms with E-state index >= 15 is 0 Å². The first-order valence-corrected chi connectivity index (χ1v) is 6.17. The fourth-order valence-electron chi connectivity index (χ4n) is 2.19. The minimum absolute atomic E-state index is 0. The van der Waals surface area contributed by atoms with Crippen LogP contribution in [0.25, 0.3) is 0 Å². The SMILES string of the molecule is Cl.NC1CCCN(CC(=O)Nc2ccccc2F)C1. The molecule has 1 aromatic carbocycles. The Hall–Kier alpha value is -1.17. The van der Waals surface area contributed by atoms with Crippen molar-refractivity contribution in [2.45, 2.75) is 18.9 Å². The Bertz CT molecular complexity index is 430. The van der Waals surface area contributed by atoms with Gasteiger partial charge in [0.05, 0.1) is 12.2 Å². The van der Waals surface area contributed by atoms with Gasteiger partial charge in [-0.1, -0.05) is 12.1 Å². The number of anilines is 1. The van der Waals surface area contributed by atoms with Gasteiger partial charge in [0.25, 0.3) is 0 Å². The van der Waals surface area contributed by atoms with Gasteiger partial charge in [-0.05, 0) is 31.5 Å². The van der Waals surface area contributed by atoms with Gasteiger partial charge in [0.2, 0.25) is 5.91 Å². The summed E-state index contributed by atoms with van der Waals surface area (Å²) < 4.78 is 13.3. The quantitative estimate of drug-likeness (QED) is 0.888. The molecule has 1 aromatic rings. The van der Waals surface area contributed by atoms with Crippen molar-refractivity contribution in [3.8, 4) is 0 Å². The first-order chi connectivity index (χ1) is 8.65. The smallest absolute Gasteiger partial charge is 0.238 e. The highest BCUT2D eigenvalue weighted by Gasteiger charge is 2.19. The molecule has 19 heavy (non-hydrogen) atoms. The Morgan fingerprint density at radius 2 is 2.21 bits per heavy atom. The number of benzene rings is 1. The van der Waals surface area contributed by atoms with Crippen LogP contribution in [0, 0.1) is 5.82 Å². The van der Waals surface area contributed by atoms with E-state index in [1.807, 2.05) is 4.90 Å². The van der Waals surface area contributed by atoms with Gasteiger partial charge in [0, 0.05) is 12.6 Å². The summed E-state index contributed by atoms with van der Waals surface area (Å²) >= 11 is 0. The summed E-state index contributed by atoms with van der Waals surface area (Å²) in [6.45, 7) is 1.87. The summed E-state index contributed by atoms with van der Waals surface area (Å²) in [5.74, 6) is -0.615. The summed E-state index contributed by atoms with van der Waals surface area (Å²) in [4.78, 5) is 13.8. The van der Waals surface area contributed by atoms with E-state index in [1.165, 1.54) is 6.07 Å². The predicted molar refractivity (Wildman–Crippen MR) is 75.9 cm³/mol. The van der Waals surface area contributed by atoms with Crippen LogP contribution >= 0.6 is 12.4 Å². The van der Waals surface area contributed by atoms with Gasteiger partial charge in [0.1, 0.15) is 5.82 Å². The lowest BCUT2D eigenvalue weighted by atomic mass is 10.1. The number of hydrogen-bond acceptors (Lipinski definition) is 3. The average molecular weight is 288 g/mol. The molecule has 3 N–H and O–H groups in total. The van der Waals surface area contributed by atoms with Crippen LogP contribution < -0.4 is 11.1 Å². The topological polar surface area (TPSA) is 58.4 Å². The molecule has 6 heteroatoms. The molecule has 1 aliphatic heterocycles. The van der Waals surface area contributed by atoms with Crippen molar-refractivity contribution >= 4 is 24.0 Å². The summed E-state index contributed by atoms with van der Waals surface area (Å²) in [7, 11) is 0. The summed E-state index contributed by atoms with van der Waals surface area (Å²) in [5, 5.41) is 2.58. The van der Waals surface area contributed by atoms with E-state index in [1.54, 1.807) is 18.2 Å².